The van der Waals surface area contributed by atoms with Crippen molar-refractivity contribution in [3.63, 3.8) is 0 Å². The second-order valence-electron chi connectivity index (χ2n) is 3.90. The molecule has 72 valence electrons. The van der Waals surface area contributed by atoms with E-state index < -0.39 is 0 Å². The van der Waals surface area contributed by atoms with Gasteiger partial charge in [-0.3, -0.25) is 0 Å². The lowest BCUT2D eigenvalue weighted by Crippen LogP contribution is -2.25. The van der Waals surface area contributed by atoms with Crippen molar-refractivity contribution in [1.29, 1.82) is 0 Å². The van der Waals surface area contributed by atoms with Crippen molar-refractivity contribution in [1.82, 2.24) is 15.0 Å². The van der Waals surface area contributed by atoms with Crippen LogP contribution < -0.4 is 0 Å². The molecule has 1 aromatic heterocycles. The Labute approximate surface area is 77.1 Å². The molecule has 13 heavy (non-hydrogen) atoms. The summed E-state index contributed by atoms with van der Waals surface area (Å²) in [5.41, 5.74) is 0.527. The number of nitrogens with zero attached hydrogens (tertiary/aromatic N) is 4. The maximum Gasteiger partial charge on any atom is 0.0848 e. The summed E-state index contributed by atoms with van der Waals surface area (Å²) in [5.74, 6) is 0. The summed E-state index contributed by atoms with van der Waals surface area (Å²) in [6.45, 7) is 6.43. The van der Waals surface area contributed by atoms with Gasteiger partial charge in [-0.2, -0.15) is 0 Å². The predicted molar refractivity (Wildman–Crippen MR) is 48.7 cm³/mol. The molecule has 1 heterocycles. The average Bonchev–Trinajstić information content (AvgIpc) is 2.49. The lowest BCUT2D eigenvalue weighted by atomic mass is 9.90. The molecule has 5 nitrogen and oxygen atoms in total. The SMILES string of the molecule is CC(C)(C)C(Cn1ccnn1)=NO. The highest BCUT2D eigenvalue weighted by atomic mass is 16.4. The largest absolute Gasteiger partial charge is 0.411 e. The molecule has 0 saturated carbocycles. The van der Waals surface area contributed by atoms with Crippen LogP contribution in [0, 0.1) is 5.41 Å². The van der Waals surface area contributed by atoms with Crippen LogP contribution >= 0.6 is 0 Å². The van der Waals surface area contributed by atoms with Crippen molar-refractivity contribution >= 4 is 5.71 Å². The first-order chi connectivity index (χ1) is 6.04. The molecule has 0 bridgehead atoms. The van der Waals surface area contributed by atoms with Crippen LogP contribution in [-0.2, 0) is 6.54 Å². The van der Waals surface area contributed by atoms with E-state index in [9.17, 15) is 0 Å². The number of hydrogen-bond acceptors (Lipinski definition) is 4. The van der Waals surface area contributed by atoms with E-state index in [-0.39, 0.29) is 5.41 Å². The highest BCUT2D eigenvalue weighted by Gasteiger charge is 2.20. The summed E-state index contributed by atoms with van der Waals surface area (Å²) in [4.78, 5) is 0. The number of hydrogen-bond donors (Lipinski definition) is 1. The lowest BCUT2D eigenvalue weighted by Gasteiger charge is -2.19. The Morgan fingerprint density at radius 3 is 2.62 bits per heavy atom. The minimum atomic E-state index is -0.152. The first kappa shape index (κ1) is 9.70. The van der Waals surface area contributed by atoms with Crippen molar-refractivity contribution < 1.29 is 5.21 Å². The zero-order valence-corrected chi connectivity index (χ0v) is 8.10. The van der Waals surface area contributed by atoms with Gasteiger partial charge in [-0.1, -0.05) is 31.1 Å². The van der Waals surface area contributed by atoms with Gasteiger partial charge in [0.05, 0.1) is 18.5 Å². The van der Waals surface area contributed by atoms with Gasteiger partial charge in [0.2, 0.25) is 0 Å². The Kier molecular flexibility index (Phi) is 2.65. The Bertz CT molecular complexity index is 284. The van der Waals surface area contributed by atoms with Crippen LogP contribution in [0.5, 0.6) is 0 Å². The summed E-state index contributed by atoms with van der Waals surface area (Å²) in [5, 5.41) is 19.5. The lowest BCUT2D eigenvalue weighted by molar-refractivity contribution is 0.307. The molecule has 0 aliphatic rings. The third-order valence-electron chi connectivity index (χ3n) is 1.77. The van der Waals surface area contributed by atoms with E-state index in [1.807, 2.05) is 20.8 Å². The minimum absolute atomic E-state index is 0.152. The van der Waals surface area contributed by atoms with Gasteiger partial charge in [-0.15, -0.1) is 5.10 Å². The number of aromatic nitrogens is 3. The molecule has 1 aromatic rings. The normalized spacial score (nSPS) is 13.3. The molecule has 5 heteroatoms. The second-order valence-corrected chi connectivity index (χ2v) is 3.90. The topological polar surface area (TPSA) is 63.3 Å². The molecule has 0 atom stereocenters. The highest BCUT2D eigenvalue weighted by molar-refractivity contribution is 5.88. The molecule has 0 unspecified atom stereocenters. The van der Waals surface area contributed by atoms with Crippen molar-refractivity contribution in [3.05, 3.63) is 12.4 Å². The molecule has 1 rings (SSSR count). The van der Waals surface area contributed by atoms with Crippen LogP contribution in [-0.4, -0.2) is 25.9 Å². The van der Waals surface area contributed by atoms with Gasteiger partial charge in [0.25, 0.3) is 0 Å². The summed E-state index contributed by atoms with van der Waals surface area (Å²) in [6, 6.07) is 0. The molecule has 0 aromatic carbocycles. The fraction of sp³-hybridized carbons (Fsp3) is 0.625. The van der Waals surface area contributed by atoms with Gasteiger partial charge in [0, 0.05) is 11.6 Å². The van der Waals surface area contributed by atoms with E-state index >= 15 is 0 Å². The maximum absolute atomic E-state index is 8.79. The van der Waals surface area contributed by atoms with E-state index in [0.29, 0.717) is 12.3 Å². The van der Waals surface area contributed by atoms with Gasteiger partial charge < -0.3 is 5.21 Å². The Morgan fingerprint density at radius 1 is 1.54 bits per heavy atom. The van der Waals surface area contributed by atoms with E-state index in [1.165, 1.54) is 0 Å². The monoisotopic (exact) mass is 182 g/mol. The minimum Gasteiger partial charge on any atom is -0.411 e. The van der Waals surface area contributed by atoms with Crippen LogP contribution in [0.25, 0.3) is 0 Å². The predicted octanol–water partition coefficient (Wildman–Crippen LogP) is 1.15. The average molecular weight is 182 g/mol. The zero-order valence-electron chi connectivity index (χ0n) is 8.10. The summed E-state index contributed by atoms with van der Waals surface area (Å²) < 4.78 is 1.63. The van der Waals surface area contributed by atoms with Crippen molar-refractivity contribution in [2.24, 2.45) is 10.6 Å². The maximum atomic E-state index is 8.79. The van der Waals surface area contributed by atoms with E-state index in [2.05, 4.69) is 15.5 Å². The third-order valence-corrected chi connectivity index (χ3v) is 1.77. The molecule has 0 aliphatic heterocycles. The fourth-order valence-corrected chi connectivity index (χ4v) is 0.889. The molecule has 0 aliphatic carbocycles. The van der Waals surface area contributed by atoms with Gasteiger partial charge in [0.15, 0.2) is 0 Å². The van der Waals surface area contributed by atoms with Gasteiger partial charge in [0.1, 0.15) is 0 Å². The van der Waals surface area contributed by atoms with Crippen LogP contribution in [0.15, 0.2) is 17.5 Å². The Balaban J connectivity index is 2.73. The van der Waals surface area contributed by atoms with Crippen LogP contribution in [0.3, 0.4) is 0 Å². The molecule has 0 fully saturated rings. The molecular weight excluding hydrogens is 168 g/mol. The van der Waals surface area contributed by atoms with Gasteiger partial charge in [-0.05, 0) is 0 Å². The Morgan fingerprint density at radius 2 is 2.23 bits per heavy atom. The van der Waals surface area contributed by atoms with Crippen molar-refractivity contribution in [2.45, 2.75) is 27.3 Å². The van der Waals surface area contributed by atoms with E-state index in [1.54, 1.807) is 17.1 Å². The van der Waals surface area contributed by atoms with Crippen LogP contribution in [0.4, 0.5) is 0 Å². The van der Waals surface area contributed by atoms with E-state index in [4.69, 9.17) is 5.21 Å². The standard InChI is InChI=1S/C8H14N4O/c1-8(2,3)7(10-13)6-12-5-4-9-11-12/h4-5,13H,6H2,1-3H3. The van der Waals surface area contributed by atoms with Crippen LogP contribution in [0.1, 0.15) is 20.8 Å². The number of rotatable bonds is 2. The number of oxime groups is 1. The molecular formula is C8H14N4O. The molecule has 0 saturated heterocycles. The van der Waals surface area contributed by atoms with Gasteiger partial charge >= 0.3 is 0 Å². The zero-order chi connectivity index (χ0) is 9.90. The smallest absolute Gasteiger partial charge is 0.0848 e. The fourth-order valence-electron chi connectivity index (χ4n) is 0.889. The van der Waals surface area contributed by atoms with Gasteiger partial charge in [-0.25, -0.2) is 4.68 Å². The first-order valence-corrected chi connectivity index (χ1v) is 4.09. The van der Waals surface area contributed by atoms with E-state index in [0.717, 1.165) is 0 Å². The molecule has 0 spiro atoms. The quantitative estimate of drug-likeness (QED) is 0.424. The van der Waals surface area contributed by atoms with Crippen molar-refractivity contribution in [2.75, 3.05) is 0 Å². The summed E-state index contributed by atoms with van der Waals surface area (Å²) in [6.07, 6.45) is 3.33. The molecule has 0 amide bonds. The summed E-state index contributed by atoms with van der Waals surface area (Å²) >= 11 is 0. The first-order valence-electron chi connectivity index (χ1n) is 4.09. The van der Waals surface area contributed by atoms with Crippen molar-refractivity contribution in [3.8, 4) is 0 Å². The molecule has 1 N–H and O–H groups in total. The molecule has 0 radical (unpaired) electrons. The third kappa shape index (κ3) is 2.54. The second kappa shape index (κ2) is 3.55. The summed E-state index contributed by atoms with van der Waals surface area (Å²) in [7, 11) is 0. The highest BCUT2D eigenvalue weighted by Crippen LogP contribution is 2.16. The van der Waals surface area contributed by atoms with Crippen LogP contribution in [0.2, 0.25) is 0 Å². The Hall–Kier alpha value is -1.39.